The summed E-state index contributed by atoms with van der Waals surface area (Å²) in [6.07, 6.45) is 4.09. The topological polar surface area (TPSA) is 43.4 Å². The third-order valence-corrected chi connectivity index (χ3v) is 1.44. The lowest BCUT2D eigenvalue weighted by Gasteiger charge is -2.03. The second kappa shape index (κ2) is 3.73. The normalized spacial score (nSPS) is 15.9. The summed E-state index contributed by atoms with van der Waals surface area (Å²) in [6.45, 7) is 3.48. The quantitative estimate of drug-likeness (QED) is 0.460. The minimum Gasteiger partial charge on any atom is -0.263 e. The van der Waals surface area contributed by atoms with Crippen molar-refractivity contribution >= 4 is 10.1 Å². The first-order chi connectivity index (χ1) is 4.45. The number of hydrogen-bond donors (Lipinski definition) is 0. The van der Waals surface area contributed by atoms with E-state index in [4.69, 9.17) is 0 Å². The highest BCUT2D eigenvalue weighted by atomic mass is 32.2. The van der Waals surface area contributed by atoms with Gasteiger partial charge in [0.2, 0.25) is 0 Å². The van der Waals surface area contributed by atoms with E-state index in [1.165, 1.54) is 0 Å². The van der Waals surface area contributed by atoms with Crippen LogP contribution >= 0.6 is 0 Å². The molecule has 0 bridgehead atoms. The molecule has 0 aliphatic carbocycles. The zero-order chi connectivity index (χ0) is 8.20. The Labute approximate surface area is 61.8 Å². The Morgan fingerprint density at radius 1 is 1.50 bits per heavy atom. The average Bonchev–Trinajstić information content (AvgIpc) is 1.59. The predicted molar refractivity (Wildman–Crippen MR) is 40.2 cm³/mol. The highest BCUT2D eigenvalue weighted by Crippen LogP contribution is 1.97. The molecule has 10 heavy (non-hydrogen) atoms. The van der Waals surface area contributed by atoms with Crippen molar-refractivity contribution < 1.29 is 12.6 Å². The largest absolute Gasteiger partial charge is 0.264 e. The molecule has 1 atom stereocenters. The smallest absolute Gasteiger partial charge is 0.263 e. The van der Waals surface area contributed by atoms with E-state index in [1.807, 2.05) is 6.92 Å². The molecule has 0 radical (unpaired) electrons. The van der Waals surface area contributed by atoms with Crippen molar-refractivity contribution in [2.45, 2.75) is 20.0 Å². The lowest BCUT2D eigenvalue weighted by molar-refractivity contribution is 0.278. The molecule has 0 fully saturated rings. The van der Waals surface area contributed by atoms with Crippen LogP contribution in [0.15, 0.2) is 12.2 Å². The molecule has 0 spiro atoms. The summed E-state index contributed by atoms with van der Waals surface area (Å²) >= 11 is 0. The van der Waals surface area contributed by atoms with Gasteiger partial charge in [-0.25, -0.2) is 0 Å². The minimum atomic E-state index is -3.30. The molecule has 0 aliphatic rings. The van der Waals surface area contributed by atoms with Gasteiger partial charge in [-0.2, -0.15) is 8.42 Å². The van der Waals surface area contributed by atoms with Gasteiger partial charge in [-0.05, 0) is 13.8 Å². The van der Waals surface area contributed by atoms with Gasteiger partial charge in [0.15, 0.2) is 0 Å². The highest BCUT2D eigenvalue weighted by Gasteiger charge is 2.05. The summed E-state index contributed by atoms with van der Waals surface area (Å²) in [5.41, 5.74) is 0. The maximum Gasteiger partial charge on any atom is 0.264 e. The van der Waals surface area contributed by atoms with E-state index in [9.17, 15) is 8.42 Å². The van der Waals surface area contributed by atoms with Gasteiger partial charge in [0.25, 0.3) is 10.1 Å². The van der Waals surface area contributed by atoms with Crippen molar-refractivity contribution in [3.05, 3.63) is 12.2 Å². The van der Waals surface area contributed by atoms with Crippen LogP contribution in [0.4, 0.5) is 0 Å². The summed E-state index contributed by atoms with van der Waals surface area (Å²) in [5.74, 6) is 0. The van der Waals surface area contributed by atoms with Crippen molar-refractivity contribution in [1.82, 2.24) is 0 Å². The van der Waals surface area contributed by atoms with Gasteiger partial charge in [0, 0.05) is 0 Å². The summed E-state index contributed by atoms with van der Waals surface area (Å²) in [4.78, 5) is 0. The molecule has 0 amide bonds. The van der Waals surface area contributed by atoms with Crippen LogP contribution in [-0.2, 0) is 14.3 Å². The van der Waals surface area contributed by atoms with E-state index >= 15 is 0 Å². The fourth-order valence-corrected chi connectivity index (χ4v) is 1.19. The van der Waals surface area contributed by atoms with Crippen LogP contribution in [-0.4, -0.2) is 20.8 Å². The van der Waals surface area contributed by atoms with Crippen molar-refractivity contribution in [2.24, 2.45) is 0 Å². The van der Waals surface area contributed by atoms with Crippen molar-refractivity contribution in [2.75, 3.05) is 6.26 Å². The maximum absolute atomic E-state index is 10.5. The SMILES string of the molecule is CC=CC(C)OS(C)(=O)=O. The maximum atomic E-state index is 10.5. The van der Waals surface area contributed by atoms with Gasteiger partial charge in [0.1, 0.15) is 0 Å². The first-order valence-corrected chi connectivity index (χ1v) is 4.78. The minimum absolute atomic E-state index is 0.361. The van der Waals surface area contributed by atoms with E-state index in [-0.39, 0.29) is 6.10 Å². The fourth-order valence-electron chi connectivity index (χ4n) is 0.579. The molecule has 0 aromatic rings. The molecule has 3 nitrogen and oxygen atoms in total. The van der Waals surface area contributed by atoms with Gasteiger partial charge in [0.05, 0.1) is 12.4 Å². The summed E-state index contributed by atoms with van der Waals surface area (Å²) < 4.78 is 25.5. The molecule has 4 heteroatoms. The van der Waals surface area contributed by atoms with E-state index < -0.39 is 10.1 Å². The molecule has 0 rings (SSSR count). The van der Waals surface area contributed by atoms with Gasteiger partial charge in [-0.1, -0.05) is 12.2 Å². The van der Waals surface area contributed by atoms with Crippen LogP contribution in [0.25, 0.3) is 0 Å². The van der Waals surface area contributed by atoms with Crippen LogP contribution in [0.3, 0.4) is 0 Å². The van der Waals surface area contributed by atoms with Gasteiger partial charge < -0.3 is 0 Å². The molecule has 0 heterocycles. The Morgan fingerprint density at radius 3 is 2.30 bits per heavy atom. The Morgan fingerprint density at radius 2 is 2.00 bits per heavy atom. The molecule has 0 N–H and O–H groups in total. The van der Waals surface area contributed by atoms with E-state index in [0.29, 0.717) is 0 Å². The molecular formula is C6H12O3S. The van der Waals surface area contributed by atoms with E-state index in [2.05, 4.69) is 4.18 Å². The average molecular weight is 164 g/mol. The Bertz CT molecular complexity index is 203. The van der Waals surface area contributed by atoms with Crippen LogP contribution < -0.4 is 0 Å². The van der Waals surface area contributed by atoms with Crippen molar-refractivity contribution in [3.8, 4) is 0 Å². The molecule has 1 unspecified atom stereocenters. The number of hydrogen-bond acceptors (Lipinski definition) is 3. The third-order valence-electron chi connectivity index (χ3n) is 0.790. The van der Waals surface area contributed by atoms with Crippen LogP contribution in [0.2, 0.25) is 0 Å². The third kappa shape index (κ3) is 5.78. The predicted octanol–water partition coefficient (Wildman–Crippen LogP) is 0.927. The number of rotatable bonds is 3. The summed E-state index contributed by atoms with van der Waals surface area (Å²) in [6, 6.07) is 0. The molecular weight excluding hydrogens is 152 g/mol. The summed E-state index contributed by atoms with van der Waals surface area (Å²) in [7, 11) is -3.30. The van der Waals surface area contributed by atoms with Crippen molar-refractivity contribution in [1.29, 1.82) is 0 Å². The first kappa shape index (κ1) is 9.65. The van der Waals surface area contributed by atoms with E-state index in [0.717, 1.165) is 6.26 Å². The Kier molecular flexibility index (Phi) is 3.60. The van der Waals surface area contributed by atoms with Gasteiger partial charge in [-0.3, -0.25) is 4.18 Å². The lowest BCUT2D eigenvalue weighted by Crippen LogP contribution is -2.10. The zero-order valence-electron chi connectivity index (χ0n) is 6.37. The molecule has 0 aliphatic heterocycles. The summed E-state index contributed by atoms with van der Waals surface area (Å²) in [5, 5.41) is 0. The molecule has 0 aromatic carbocycles. The second-order valence-corrected chi connectivity index (χ2v) is 3.63. The van der Waals surface area contributed by atoms with Crippen LogP contribution in [0.1, 0.15) is 13.8 Å². The van der Waals surface area contributed by atoms with Gasteiger partial charge in [-0.15, -0.1) is 0 Å². The standard InChI is InChI=1S/C6H12O3S/c1-4-5-6(2)9-10(3,7)8/h4-6H,1-3H3. The highest BCUT2D eigenvalue weighted by molar-refractivity contribution is 7.86. The second-order valence-electron chi connectivity index (χ2n) is 2.03. The Balaban J connectivity index is 3.93. The van der Waals surface area contributed by atoms with Crippen LogP contribution in [0.5, 0.6) is 0 Å². The fraction of sp³-hybridized carbons (Fsp3) is 0.667. The zero-order valence-corrected chi connectivity index (χ0v) is 7.18. The molecule has 0 aromatic heterocycles. The van der Waals surface area contributed by atoms with Crippen LogP contribution in [0, 0.1) is 0 Å². The molecule has 0 saturated carbocycles. The molecule has 0 saturated heterocycles. The lowest BCUT2D eigenvalue weighted by atomic mass is 10.4. The van der Waals surface area contributed by atoms with Gasteiger partial charge >= 0.3 is 0 Å². The van der Waals surface area contributed by atoms with E-state index in [1.54, 1.807) is 19.1 Å². The first-order valence-electron chi connectivity index (χ1n) is 2.97. The Hall–Kier alpha value is -0.350. The van der Waals surface area contributed by atoms with Crippen molar-refractivity contribution in [3.63, 3.8) is 0 Å². The number of allylic oxidation sites excluding steroid dienone is 1. The molecule has 60 valence electrons. The monoisotopic (exact) mass is 164 g/mol.